The quantitative estimate of drug-likeness (QED) is 0.748. The van der Waals surface area contributed by atoms with Gasteiger partial charge in [-0.15, -0.1) is 0 Å². The number of para-hydroxylation sites is 1. The van der Waals surface area contributed by atoms with E-state index >= 15 is 0 Å². The zero-order valence-electron chi connectivity index (χ0n) is 13.2. The van der Waals surface area contributed by atoms with Gasteiger partial charge in [-0.25, -0.2) is 4.39 Å². The van der Waals surface area contributed by atoms with Gasteiger partial charge in [0.05, 0.1) is 5.56 Å². The summed E-state index contributed by atoms with van der Waals surface area (Å²) in [7, 11) is 0. The number of carbonyl (C=O) groups is 2. The van der Waals surface area contributed by atoms with Gasteiger partial charge in [-0.2, -0.15) is 0 Å². The van der Waals surface area contributed by atoms with Gasteiger partial charge >= 0.3 is 0 Å². The molecule has 126 valence electrons. The number of ether oxygens (including phenoxy) is 1. The van der Waals surface area contributed by atoms with E-state index in [1.807, 2.05) is 0 Å². The number of phenolic OH excluding ortho intramolecular Hbond substituents is 1. The minimum atomic E-state index is -1.03. The van der Waals surface area contributed by atoms with E-state index in [9.17, 15) is 19.1 Å². The summed E-state index contributed by atoms with van der Waals surface area (Å²) >= 11 is 0. The second-order valence-electron chi connectivity index (χ2n) is 5.15. The molecule has 0 aliphatic rings. The van der Waals surface area contributed by atoms with Crippen LogP contribution < -0.4 is 15.6 Å². The lowest BCUT2D eigenvalue weighted by atomic mass is 10.1. The summed E-state index contributed by atoms with van der Waals surface area (Å²) < 4.78 is 18.7. The van der Waals surface area contributed by atoms with E-state index < -0.39 is 23.7 Å². The van der Waals surface area contributed by atoms with Gasteiger partial charge in [-0.3, -0.25) is 20.4 Å². The first kappa shape index (κ1) is 17.3. The average Bonchev–Trinajstić information content (AvgIpc) is 2.54. The summed E-state index contributed by atoms with van der Waals surface area (Å²) in [5.74, 6) is -2.21. The third-order valence-electron chi connectivity index (χ3n) is 3.21. The lowest BCUT2D eigenvalue weighted by molar-refractivity contribution is -0.128. The van der Waals surface area contributed by atoms with E-state index in [0.29, 0.717) is 0 Å². The second kappa shape index (κ2) is 7.45. The Hall–Kier alpha value is -3.09. The van der Waals surface area contributed by atoms with Gasteiger partial charge in [0.1, 0.15) is 5.75 Å². The van der Waals surface area contributed by atoms with Crippen LogP contribution in [0.2, 0.25) is 0 Å². The molecule has 0 radical (unpaired) electrons. The number of amides is 2. The van der Waals surface area contributed by atoms with Gasteiger partial charge in [0.25, 0.3) is 11.8 Å². The average molecular weight is 332 g/mol. The number of rotatable bonds is 4. The number of benzene rings is 2. The van der Waals surface area contributed by atoms with Gasteiger partial charge in [-0.1, -0.05) is 18.2 Å². The van der Waals surface area contributed by atoms with Gasteiger partial charge in [-0.05, 0) is 43.7 Å². The molecule has 0 bridgehead atoms. The highest BCUT2D eigenvalue weighted by molar-refractivity contribution is 5.98. The van der Waals surface area contributed by atoms with E-state index in [2.05, 4.69) is 10.9 Å². The van der Waals surface area contributed by atoms with Crippen molar-refractivity contribution in [1.82, 2.24) is 10.9 Å². The van der Waals surface area contributed by atoms with Crippen molar-refractivity contribution < 1.29 is 23.8 Å². The molecule has 2 rings (SSSR count). The highest BCUT2D eigenvalue weighted by Gasteiger charge is 2.18. The Kier molecular flexibility index (Phi) is 5.36. The number of aryl methyl sites for hydroxylation is 1. The predicted molar refractivity (Wildman–Crippen MR) is 84.9 cm³/mol. The monoisotopic (exact) mass is 332 g/mol. The minimum absolute atomic E-state index is 0.0172. The van der Waals surface area contributed by atoms with Crippen LogP contribution in [-0.2, 0) is 4.79 Å². The number of carbonyl (C=O) groups excluding carboxylic acids is 2. The van der Waals surface area contributed by atoms with Crippen LogP contribution in [0.4, 0.5) is 4.39 Å². The van der Waals surface area contributed by atoms with Crippen LogP contribution in [-0.4, -0.2) is 23.0 Å². The summed E-state index contributed by atoms with van der Waals surface area (Å²) in [6.07, 6.45) is -1.03. The molecule has 2 aromatic rings. The zero-order chi connectivity index (χ0) is 17.7. The molecule has 6 nitrogen and oxygen atoms in total. The molecule has 0 aliphatic carbocycles. The largest absolute Gasteiger partial charge is 0.507 e. The van der Waals surface area contributed by atoms with E-state index in [1.165, 1.54) is 37.3 Å². The maximum Gasteiger partial charge on any atom is 0.279 e. The third-order valence-corrected chi connectivity index (χ3v) is 3.21. The van der Waals surface area contributed by atoms with Crippen LogP contribution in [0.3, 0.4) is 0 Å². The zero-order valence-corrected chi connectivity index (χ0v) is 13.2. The third kappa shape index (κ3) is 4.22. The smallest absolute Gasteiger partial charge is 0.279 e. The van der Waals surface area contributed by atoms with Crippen molar-refractivity contribution >= 4 is 11.8 Å². The van der Waals surface area contributed by atoms with Crippen molar-refractivity contribution in [2.24, 2.45) is 0 Å². The molecule has 0 aliphatic heterocycles. The Bertz CT molecular complexity index is 764. The SMILES string of the molecule is Cc1ccc(C(=O)NNC(=O)C(C)Oc2ccccc2F)c(O)c1. The van der Waals surface area contributed by atoms with Crippen LogP contribution in [0, 0.1) is 12.7 Å². The molecular weight excluding hydrogens is 315 g/mol. The molecule has 2 aromatic carbocycles. The Labute approximate surface area is 138 Å². The molecule has 24 heavy (non-hydrogen) atoms. The maximum absolute atomic E-state index is 13.5. The Balaban J connectivity index is 1.92. The lowest BCUT2D eigenvalue weighted by Crippen LogP contribution is -2.47. The molecule has 1 unspecified atom stereocenters. The van der Waals surface area contributed by atoms with Crippen molar-refractivity contribution in [2.75, 3.05) is 0 Å². The first-order chi connectivity index (χ1) is 11.4. The molecule has 0 fully saturated rings. The van der Waals surface area contributed by atoms with Crippen molar-refractivity contribution in [1.29, 1.82) is 0 Å². The summed E-state index contributed by atoms with van der Waals surface area (Å²) in [6.45, 7) is 3.18. The summed E-state index contributed by atoms with van der Waals surface area (Å²) in [6, 6.07) is 10.2. The molecule has 0 saturated heterocycles. The molecule has 3 N–H and O–H groups in total. The number of aromatic hydroxyl groups is 1. The molecular formula is C17H17FN2O4. The summed E-state index contributed by atoms with van der Waals surface area (Å²) in [5.41, 5.74) is 5.14. The van der Waals surface area contributed by atoms with Gasteiger partial charge in [0.2, 0.25) is 0 Å². The summed E-state index contributed by atoms with van der Waals surface area (Å²) in [4.78, 5) is 23.8. The van der Waals surface area contributed by atoms with Gasteiger partial charge in [0.15, 0.2) is 17.7 Å². The van der Waals surface area contributed by atoms with E-state index in [0.717, 1.165) is 5.56 Å². The number of halogens is 1. The fourth-order valence-electron chi connectivity index (χ4n) is 1.91. The first-order valence-electron chi connectivity index (χ1n) is 7.19. The highest BCUT2D eigenvalue weighted by Crippen LogP contribution is 2.18. The molecule has 0 heterocycles. The van der Waals surface area contributed by atoms with Gasteiger partial charge in [0, 0.05) is 0 Å². The van der Waals surface area contributed by atoms with Crippen molar-refractivity contribution in [3.05, 3.63) is 59.4 Å². The normalized spacial score (nSPS) is 11.5. The fourth-order valence-corrected chi connectivity index (χ4v) is 1.91. The molecule has 1 atom stereocenters. The predicted octanol–water partition coefficient (Wildman–Crippen LogP) is 2.07. The Morgan fingerprint density at radius 2 is 1.88 bits per heavy atom. The first-order valence-corrected chi connectivity index (χ1v) is 7.19. The molecule has 0 spiro atoms. The highest BCUT2D eigenvalue weighted by atomic mass is 19.1. The van der Waals surface area contributed by atoms with E-state index in [4.69, 9.17) is 4.74 Å². The molecule has 2 amide bonds. The second-order valence-corrected chi connectivity index (χ2v) is 5.15. The van der Waals surface area contributed by atoms with E-state index in [1.54, 1.807) is 19.1 Å². The Morgan fingerprint density at radius 1 is 1.17 bits per heavy atom. The van der Waals surface area contributed by atoms with Crippen molar-refractivity contribution in [3.63, 3.8) is 0 Å². The number of hydrogen-bond donors (Lipinski definition) is 3. The molecule has 0 aromatic heterocycles. The number of hydrogen-bond acceptors (Lipinski definition) is 4. The molecule has 0 saturated carbocycles. The number of phenols is 1. The van der Waals surface area contributed by atoms with Gasteiger partial charge < -0.3 is 9.84 Å². The van der Waals surface area contributed by atoms with Crippen LogP contribution in [0.15, 0.2) is 42.5 Å². The van der Waals surface area contributed by atoms with Crippen LogP contribution in [0.5, 0.6) is 11.5 Å². The number of nitrogens with one attached hydrogen (secondary N) is 2. The van der Waals surface area contributed by atoms with Crippen LogP contribution in [0.25, 0.3) is 0 Å². The summed E-state index contributed by atoms with van der Waals surface area (Å²) in [5, 5.41) is 9.72. The fraction of sp³-hybridized carbons (Fsp3) is 0.176. The standard InChI is InChI=1S/C17H17FN2O4/c1-10-7-8-12(14(21)9-10)17(23)20-19-16(22)11(2)24-15-6-4-3-5-13(15)18/h3-9,11,21H,1-2H3,(H,19,22)(H,20,23). The van der Waals surface area contributed by atoms with Crippen LogP contribution in [0.1, 0.15) is 22.8 Å². The molecule has 7 heteroatoms. The topological polar surface area (TPSA) is 87.7 Å². The van der Waals surface area contributed by atoms with E-state index in [-0.39, 0.29) is 17.1 Å². The van der Waals surface area contributed by atoms with Crippen molar-refractivity contribution in [3.8, 4) is 11.5 Å². The maximum atomic E-state index is 13.5. The van der Waals surface area contributed by atoms with Crippen molar-refractivity contribution in [2.45, 2.75) is 20.0 Å². The van der Waals surface area contributed by atoms with Crippen LogP contribution >= 0.6 is 0 Å². The Morgan fingerprint density at radius 3 is 2.54 bits per heavy atom. The lowest BCUT2D eigenvalue weighted by Gasteiger charge is -2.15. The minimum Gasteiger partial charge on any atom is -0.507 e. The number of hydrazine groups is 1.